The Morgan fingerprint density at radius 3 is 2.43 bits per heavy atom. The van der Waals surface area contributed by atoms with E-state index < -0.39 is 6.04 Å². The summed E-state index contributed by atoms with van der Waals surface area (Å²) in [5.74, 6) is 0.337. The Morgan fingerprint density at radius 2 is 1.77 bits per heavy atom. The van der Waals surface area contributed by atoms with Crippen molar-refractivity contribution in [1.29, 1.82) is 0 Å². The number of carbonyl (C=O) groups excluding carboxylic acids is 2. The first kappa shape index (κ1) is 23.5. The van der Waals surface area contributed by atoms with Crippen LogP contribution in [0.1, 0.15) is 48.9 Å². The maximum Gasteiger partial charge on any atom is 0.261 e. The Kier molecular flexibility index (Phi) is 8.90. The molecule has 0 heterocycles. The molecule has 1 N–H and O–H groups in total. The summed E-state index contributed by atoms with van der Waals surface area (Å²) in [6, 6.07) is 13.2. The molecule has 0 radical (unpaired) electrons. The molecule has 2 aromatic rings. The molecule has 0 unspecified atom stereocenters. The van der Waals surface area contributed by atoms with Gasteiger partial charge >= 0.3 is 0 Å². The van der Waals surface area contributed by atoms with E-state index in [0.717, 1.165) is 35.1 Å². The predicted octanol–water partition coefficient (Wildman–Crippen LogP) is 4.32. The van der Waals surface area contributed by atoms with Crippen LogP contribution >= 0.6 is 0 Å². The van der Waals surface area contributed by atoms with Crippen molar-refractivity contribution in [3.05, 3.63) is 64.7 Å². The van der Waals surface area contributed by atoms with E-state index in [1.54, 1.807) is 11.8 Å². The van der Waals surface area contributed by atoms with Crippen LogP contribution < -0.4 is 10.1 Å². The van der Waals surface area contributed by atoms with Crippen molar-refractivity contribution in [1.82, 2.24) is 10.2 Å². The molecule has 1 atom stereocenters. The topological polar surface area (TPSA) is 58.6 Å². The second-order valence-corrected chi connectivity index (χ2v) is 7.81. The van der Waals surface area contributed by atoms with Crippen LogP contribution in [0.15, 0.2) is 42.5 Å². The fourth-order valence-corrected chi connectivity index (χ4v) is 3.11. The van der Waals surface area contributed by atoms with Crippen molar-refractivity contribution in [2.75, 3.05) is 13.2 Å². The van der Waals surface area contributed by atoms with Crippen molar-refractivity contribution in [3.63, 3.8) is 0 Å². The third-order valence-electron chi connectivity index (χ3n) is 5.38. The van der Waals surface area contributed by atoms with E-state index in [0.29, 0.717) is 18.8 Å². The van der Waals surface area contributed by atoms with Gasteiger partial charge < -0.3 is 15.0 Å². The normalized spacial score (nSPS) is 11.6. The number of benzene rings is 2. The minimum atomic E-state index is -0.585. The van der Waals surface area contributed by atoms with Gasteiger partial charge in [0.15, 0.2) is 6.61 Å². The average molecular weight is 411 g/mol. The third kappa shape index (κ3) is 6.61. The number of unbranched alkanes of at least 4 members (excludes halogenated alkanes) is 1. The molecule has 0 saturated heterocycles. The highest BCUT2D eigenvalue weighted by Gasteiger charge is 2.26. The van der Waals surface area contributed by atoms with Gasteiger partial charge in [0.05, 0.1) is 0 Å². The number of ether oxygens (including phenoxy) is 1. The molecule has 2 amide bonds. The van der Waals surface area contributed by atoms with Crippen molar-refractivity contribution in [3.8, 4) is 5.75 Å². The minimum Gasteiger partial charge on any atom is -0.483 e. The zero-order chi connectivity index (χ0) is 22.1. The number of aryl methyl sites for hydroxylation is 2. The predicted molar refractivity (Wildman–Crippen MR) is 121 cm³/mol. The summed E-state index contributed by atoms with van der Waals surface area (Å²) in [5.41, 5.74) is 4.26. The van der Waals surface area contributed by atoms with Crippen molar-refractivity contribution < 1.29 is 14.3 Å². The van der Waals surface area contributed by atoms with Crippen LogP contribution in [0.5, 0.6) is 5.75 Å². The van der Waals surface area contributed by atoms with Gasteiger partial charge in [0.2, 0.25) is 5.91 Å². The number of carbonyl (C=O) groups is 2. The summed E-state index contributed by atoms with van der Waals surface area (Å²) in [6.45, 7) is 10.7. The van der Waals surface area contributed by atoms with E-state index in [1.807, 2.05) is 63.2 Å². The number of hydrogen-bond acceptors (Lipinski definition) is 3. The zero-order valence-electron chi connectivity index (χ0n) is 18.8. The van der Waals surface area contributed by atoms with Gasteiger partial charge in [0.1, 0.15) is 11.8 Å². The van der Waals surface area contributed by atoms with Crippen LogP contribution in [-0.4, -0.2) is 35.9 Å². The molecular formula is C25H34N2O3. The van der Waals surface area contributed by atoms with Crippen LogP contribution in [-0.2, 0) is 16.1 Å². The Hall–Kier alpha value is -2.82. The van der Waals surface area contributed by atoms with Crippen LogP contribution in [0.25, 0.3) is 0 Å². The molecule has 0 spiro atoms. The lowest BCUT2D eigenvalue weighted by Crippen LogP contribution is -2.49. The molecule has 162 valence electrons. The molecule has 0 aromatic heterocycles. The first-order chi connectivity index (χ1) is 14.3. The highest BCUT2D eigenvalue weighted by molar-refractivity contribution is 5.88. The van der Waals surface area contributed by atoms with Crippen LogP contribution in [0, 0.1) is 20.8 Å². The summed E-state index contributed by atoms with van der Waals surface area (Å²) >= 11 is 0. The highest BCUT2D eigenvalue weighted by atomic mass is 16.5. The summed E-state index contributed by atoms with van der Waals surface area (Å²) in [5, 5.41) is 2.93. The Bertz CT molecular complexity index is 846. The van der Waals surface area contributed by atoms with E-state index in [-0.39, 0.29) is 18.4 Å². The molecule has 2 aromatic carbocycles. The molecule has 5 nitrogen and oxygen atoms in total. The molecular weight excluding hydrogens is 376 g/mol. The molecule has 0 aliphatic rings. The van der Waals surface area contributed by atoms with Gasteiger partial charge in [-0.2, -0.15) is 0 Å². The second-order valence-electron chi connectivity index (χ2n) is 7.81. The minimum absolute atomic E-state index is 0.108. The third-order valence-corrected chi connectivity index (χ3v) is 5.38. The first-order valence-electron chi connectivity index (χ1n) is 10.6. The van der Waals surface area contributed by atoms with Crippen molar-refractivity contribution >= 4 is 11.8 Å². The SMILES string of the molecule is CCCCNC(=O)[C@@H](C)N(Cc1ccc(C)cc1)C(=O)COc1cccc(C)c1C. The Labute approximate surface area is 180 Å². The van der Waals surface area contributed by atoms with Crippen molar-refractivity contribution in [2.45, 2.75) is 60.0 Å². The number of amides is 2. The molecule has 30 heavy (non-hydrogen) atoms. The van der Waals surface area contributed by atoms with Gasteiger partial charge in [0.25, 0.3) is 5.91 Å². The summed E-state index contributed by atoms with van der Waals surface area (Å²) < 4.78 is 5.82. The van der Waals surface area contributed by atoms with Gasteiger partial charge in [-0.1, -0.05) is 55.3 Å². The molecule has 5 heteroatoms. The second kappa shape index (κ2) is 11.4. The van der Waals surface area contributed by atoms with Crippen LogP contribution in [0.2, 0.25) is 0 Å². The summed E-state index contributed by atoms with van der Waals surface area (Å²) in [7, 11) is 0. The van der Waals surface area contributed by atoms with E-state index in [2.05, 4.69) is 12.2 Å². The standard InChI is InChI=1S/C25H34N2O3/c1-6-7-15-26-25(29)21(5)27(16-22-13-11-18(2)12-14-22)24(28)17-30-23-10-8-9-19(3)20(23)4/h8-14,21H,6-7,15-17H2,1-5H3,(H,26,29)/t21-/m1/s1. The molecule has 0 bridgehead atoms. The summed E-state index contributed by atoms with van der Waals surface area (Å²) in [4.78, 5) is 27.3. The van der Waals surface area contributed by atoms with Crippen molar-refractivity contribution in [2.24, 2.45) is 0 Å². The molecule has 2 rings (SSSR count). The molecule has 0 fully saturated rings. The van der Waals surface area contributed by atoms with E-state index in [4.69, 9.17) is 4.74 Å². The van der Waals surface area contributed by atoms with Gasteiger partial charge in [-0.25, -0.2) is 0 Å². The Balaban J connectivity index is 2.13. The maximum absolute atomic E-state index is 13.1. The average Bonchev–Trinajstić information content (AvgIpc) is 2.73. The quantitative estimate of drug-likeness (QED) is 0.593. The number of hydrogen-bond donors (Lipinski definition) is 1. The van der Waals surface area contributed by atoms with E-state index in [1.165, 1.54) is 0 Å². The first-order valence-corrected chi connectivity index (χ1v) is 10.6. The van der Waals surface area contributed by atoms with Gasteiger partial charge in [-0.05, 0) is 56.9 Å². The van der Waals surface area contributed by atoms with Gasteiger partial charge in [-0.15, -0.1) is 0 Å². The Morgan fingerprint density at radius 1 is 1.07 bits per heavy atom. The lowest BCUT2D eigenvalue weighted by Gasteiger charge is -2.29. The zero-order valence-corrected chi connectivity index (χ0v) is 18.8. The van der Waals surface area contributed by atoms with Gasteiger partial charge in [-0.3, -0.25) is 9.59 Å². The fourth-order valence-electron chi connectivity index (χ4n) is 3.11. The molecule has 0 aliphatic carbocycles. The molecule has 0 saturated carbocycles. The van der Waals surface area contributed by atoms with Crippen LogP contribution in [0.4, 0.5) is 0 Å². The smallest absolute Gasteiger partial charge is 0.261 e. The monoisotopic (exact) mass is 410 g/mol. The van der Waals surface area contributed by atoms with E-state index in [9.17, 15) is 9.59 Å². The van der Waals surface area contributed by atoms with Crippen LogP contribution in [0.3, 0.4) is 0 Å². The largest absolute Gasteiger partial charge is 0.483 e. The molecule has 0 aliphatic heterocycles. The van der Waals surface area contributed by atoms with E-state index >= 15 is 0 Å². The summed E-state index contributed by atoms with van der Waals surface area (Å²) in [6.07, 6.45) is 1.92. The lowest BCUT2D eigenvalue weighted by molar-refractivity contribution is -0.142. The highest BCUT2D eigenvalue weighted by Crippen LogP contribution is 2.21. The number of nitrogens with one attached hydrogen (secondary N) is 1. The number of nitrogens with zero attached hydrogens (tertiary/aromatic N) is 1. The fraction of sp³-hybridized carbons (Fsp3) is 0.440. The number of rotatable bonds is 10. The maximum atomic E-state index is 13.1. The lowest BCUT2D eigenvalue weighted by atomic mass is 10.1. The van der Waals surface area contributed by atoms with Gasteiger partial charge in [0, 0.05) is 13.1 Å².